The molecular formula is C20H20ClF4N3O2. The van der Waals surface area contributed by atoms with Gasteiger partial charge in [-0.05, 0) is 38.2 Å². The molecule has 0 bridgehead atoms. The van der Waals surface area contributed by atoms with E-state index in [9.17, 15) is 27.2 Å². The molecule has 0 saturated carbocycles. The number of likely N-dealkylation sites (N-methyl/N-ethyl adjacent to an activating group) is 1. The molecule has 30 heavy (non-hydrogen) atoms. The van der Waals surface area contributed by atoms with Gasteiger partial charge in [0.25, 0.3) is 0 Å². The zero-order valence-corrected chi connectivity index (χ0v) is 16.9. The molecule has 0 spiro atoms. The van der Waals surface area contributed by atoms with Crippen molar-refractivity contribution in [1.29, 1.82) is 0 Å². The second kappa shape index (κ2) is 9.90. The Hall–Kier alpha value is -2.65. The van der Waals surface area contributed by atoms with Crippen molar-refractivity contribution in [3.05, 3.63) is 64.4 Å². The first-order valence-electron chi connectivity index (χ1n) is 8.87. The molecule has 1 atom stereocenters. The van der Waals surface area contributed by atoms with Gasteiger partial charge in [0.15, 0.2) is 0 Å². The molecule has 0 radical (unpaired) electrons. The van der Waals surface area contributed by atoms with Gasteiger partial charge in [-0.1, -0.05) is 29.8 Å². The van der Waals surface area contributed by atoms with E-state index in [4.69, 9.17) is 11.6 Å². The predicted molar refractivity (Wildman–Crippen MR) is 105 cm³/mol. The zero-order chi connectivity index (χ0) is 22.5. The molecule has 5 nitrogen and oxygen atoms in total. The SMILES string of the molecule is CC(C(=O)NCc1ccccc1F)N(C)CC(=O)Nc1ccc(Cl)c(C(F)(F)F)c1. The first kappa shape index (κ1) is 23.6. The highest BCUT2D eigenvalue weighted by Gasteiger charge is 2.33. The van der Waals surface area contributed by atoms with Crippen molar-refractivity contribution in [3.63, 3.8) is 0 Å². The van der Waals surface area contributed by atoms with E-state index in [0.717, 1.165) is 12.1 Å². The minimum Gasteiger partial charge on any atom is -0.351 e. The summed E-state index contributed by atoms with van der Waals surface area (Å²) in [7, 11) is 1.51. The Labute approximate surface area is 176 Å². The first-order chi connectivity index (χ1) is 14.0. The highest BCUT2D eigenvalue weighted by Crippen LogP contribution is 2.36. The number of carbonyl (C=O) groups excluding carboxylic acids is 2. The van der Waals surface area contributed by atoms with Gasteiger partial charge in [-0.15, -0.1) is 0 Å². The Balaban J connectivity index is 1.92. The molecule has 0 heterocycles. The van der Waals surface area contributed by atoms with E-state index in [-0.39, 0.29) is 18.8 Å². The number of anilines is 1. The number of alkyl halides is 3. The summed E-state index contributed by atoms with van der Waals surface area (Å²) in [6.07, 6.45) is -4.65. The number of hydrogen-bond acceptors (Lipinski definition) is 3. The Morgan fingerprint density at radius 2 is 1.83 bits per heavy atom. The minimum atomic E-state index is -4.65. The average Bonchev–Trinajstić information content (AvgIpc) is 2.67. The van der Waals surface area contributed by atoms with Crippen molar-refractivity contribution in [1.82, 2.24) is 10.2 Å². The maximum atomic E-state index is 13.6. The van der Waals surface area contributed by atoms with Gasteiger partial charge in [-0.2, -0.15) is 13.2 Å². The molecule has 0 aromatic heterocycles. The fourth-order valence-electron chi connectivity index (χ4n) is 2.56. The number of amides is 2. The number of nitrogens with zero attached hydrogens (tertiary/aromatic N) is 1. The van der Waals surface area contributed by atoms with Gasteiger partial charge < -0.3 is 10.6 Å². The average molecular weight is 446 g/mol. The topological polar surface area (TPSA) is 61.4 Å². The maximum Gasteiger partial charge on any atom is 0.417 e. The number of benzene rings is 2. The summed E-state index contributed by atoms with van der Waals surface area (Å²) < 4.78 is 52.4. The number of nitrogens with one attached hydrogen (secondary N) is 2. The third-order valence-electron chi connectivity index (χ3n) is 4.40. The van der Waals surface area contributed by atoms with Gasteiger partial charge in [0.1, 0.15) is 5.82 Å². The lowest BCUT2D eigenvalue weighted by molar-refractivity contribution is -0.137. The van der Waals surface area contributed by atoms with Gasteiger partial charge >= 0.3 is 6.18 Å². The summed E-state index contributed by atoms with van der Waals surface area (Å²) in [5.41, 5.74) is -0.806. The number of hydrogen-bond donors (Lipinski definition) is 2. The summed E-state index contributed by atoms with van der Waals surface area (Å²) in [6.45, 7) is 1.28. The van der Waals surface area contributed by atoms with Crippen LogP contribution >= 0.6 is 11.6 Å². The molecule has 0 fully saturated rings. The lowest BCUT2D eigenvalue weighted by Crippen LogP contribution is -2.45. The van der Waals surface area contributed by atoms with Crippen LogP contribution in [-0.4, -0.2) is 36.3 Å². The fraction of sp³-hybridized carbons (Fsp3) is 0.300. The van der Waals surface area contributed by atoms with Gasteiger partial charge in [0, 0.05) is 17.8 Å². The van der Waals surface area contributed by atoms with Gasteiger partial charge in [-0.3, -0.25) is 14.5 Å². The second-order valence-corrected chi connectivity index (χ2v) is 7.05. The van der Waals surface area contributed by atoms with E-state index in [1.165, 1.54) is 30.1 Å². The van der Waals surface area contributed by atoms with E-state index in [0.29, 0.717) is 5.56 Å². The Kier molecular flexibility index (Phi) is 7.80. The highest BCUT2D eigenvalue weighted by molar-refractivity contribution is 6.31. The molecule has 2 aromatic rings. The molecule has 2 amide bonds. The van der Waals surface area contributed by atoms with Gasteiger partial charge in [-0.25, -0.2) is 4.39 Å². The molecule has 0 saturated heterocycles. The van der Waals surface area contributed by atoms with E-state index in [1.807, 2.05) is 0 Å². The Morgan fingerprint density at radius 3 is 2.47 bits per heavy atom. The molecule has 10 heteroatoms. The van der Waals surface area contributed by atoms with E-state index >= 15 is 0 Å². The van der Waals surface area contributed by atoms with Gasteiger partial charge in [0.05, 0.1) is 23.2 Å². The third-order valence-corrected chi connectivity index (χ3v) is 4.73. The third kappa shape index (κ3) is 6.43. The Bertz CT molecular complexity index is 921. The van der Waals surface area contributed by atoms with Crippen molar-refractivity contribution in [2.75, 3.05) is 18.9 Å². The molecule has 0 aliphatic rings. The standard InChI is InChI=1S/C20H20ClF4N3O2/c1-12(19(30)26-10-13-5-3-4-6-17(13)22)28(2)11-18(29)27-14-7-8-16(21)15(9-14)20(23,24)25/h3-9,12H,10-11H2,1-2H3,(H,26,30)(H,27,29). The van der Waals surface area contributed by atoms with Crippen LogP contribution in [0.4, 0.5) is 23.2 Å². The van der Waals surface area contributed by atoms with Crippen LogP contribution in [0.2, 0.25) is 5.02 Å². The summed E-state index contributed by atoms with van der Waals surface area (Å²) in [6, 6.07) is 8.30. The first-order valence-corrected chi connectivity index (χ1v) is 9.24. The summed E-state index contributed by atoms with van der Waals surface area (Å²) >= 11 is 5.55. The summed E-state index contributed by atoms with van der Waals surface area (Å²) in [5, 5.41) is 4.46. The van der Waals surface area contributed by atoms with Crippen molar-refractivity contribution in [2.45, 2.75) is 25.7 Å². The molecule has 2 aromatic carbocycles. The summed E-state index contributed by atoms with van der Waals surface area (Å²) in [4.78, 5) is 25.8. The normalized spacial score (nSPS) is 12.5. The predicted octanol–water partition coefficient (Wildman–Crippen LogP) is 4.07. The smallest absolute Gasteiger partial charge is 0.351 e. The lowest BCUT2D eigenvalue weighted by Gasteiger charge is -2.23. The number of halogens is 5. The molecular weight excluding hydrogens is 426 g/mol. The van der Waals surface area contributed by atoms with Crippen molar-refractivity contribution in [2.24, 2.45) is 0 Å². The van der Waals surface area contributed by atoms with E-state index in [1.54, 1.807) is 19.1 Å². The highest BCUT2D eigenvalue weighted by atomic mass is 35.5. The van der Waals surface area contributed by atoms with Crippen LogP contribution in [-0.2, 0) is 22.3 Å². The van der Waals surface area contributed by atoms with Crippen LogP contribution in [0.5, 0.6) is 0 Å². The number of rotatable bonds is 7. The molecule has 1 unspecified atom stereocenters. The molecule has 162 valence electrons. The lowest BCUT2D eigenvalue weighted by atomic mass is 10.2. The van der Waals surface area contributed by atoms with Crippen molar-refractivity contribution in [3.8, 4) is 0 Å². The molecule has 0 aliphatic carbocycles. The molecule has 0 aliphatic heterocycles. The van der Waals surface area contributed by atoms with Crippen LogP contribution < -0.4 is 10.6 Å². The van der Waals surface area contributed by atoms with Crippen LogP contribution in [0.15, 0.2) is 42.5 Å². The molecule has 2 rings (SSSR count). The Morgan fingerprint density at radius 1 is 1.17 bits per heavy atom. The number of carbonyl (C=O) groups is 2. The zero-order valence-electron chi connectivity index (χ0n) is 16.2. The van der Waals surface area contributed by atoms with E-state index < -0.39 is 40.4 Å². The summed E-state index contributed by atoms with van der Waals surface area (Å²) in [5.74, 6) is -1.49. The van der Waals surface area contributed by atoms with Crippen molar-refractivity contribution >= 4 is 29.1 Å². The quantitative estimate of drug-likeness (QED) is 0.631. The largest absolute Gasteiger partial charge is 0.417 e. The van der Waals surface area contributed by atoms with Crippen LogP contribution in [0.3, 0.4) is 0 Å². The van der Waals surface area contributed by atoms with E-state index in [2.05, 4.69) is 10.6 Å². The second-order valence-electron chi connectivity index (χ2n) is 6.64. The monoisotopic (exact) mass is 445 g/mol. The minimum absolute atomic E-state index is 0.0130. The van der Waals surface area contributed by atoms with Crippen molar-refractivity contribution < 1.29 is 27.2 Å². The van der Waals surface area contributed by atoms with Crippen LogP contribution in [0.1, 0.15) is 18.1 Å². The van der Waals surface area contributed by atoms with Gasteiger partial charge in [0.2, 0.25) is 11.8 Å². The van der Waals surface area contributed by atoms with Crippen LogP contribution in [0.25, 0.3) is 0 Å². The van der Waals surface area contributed by atoms with Crippen LogP contribution in [0, 0.1) is 5.82 Å². The maximum absolute atomic E-state index is 13.6. The molecule has 2 N–H and O–H groups in total. The fourth-order valence-corrected chi connectivity index (χ4v) is 2.78.